The van der Waals surface area contributed by atoms with Crippen LogP contribution in [0, 0.1) is 5.92 Å². The molecule has 1 fully saturated rings. The van der Waals surface area contributed by atoms with Crippen molar-refractivity contribution in [2.24, 2.45) is 5.92 Å². The summed E-state index contributed by atoms with van der Waals surface area (Å²) in [6.07, 6.45) is 0.00310. The number of aromatic hydroxyl groups is 1. The second-order valence-corrected chi connectivity index (χ2v) is 6.88. The van der Waals surface area contributed by atoms with Crippen LogP contribution in [0.1, 0.15) is 22.7 Å². The first-order chi connectivity index (χ1) is 15.3. The van der Waals surface area contributed by atoms with Gasteiger partial charge in [-0.15, -0.1) is 0 Å². The fourth-order valence-corrected chi connectivity index (χ4v) is 3.31. The summed E-state index contributed by atoms with van der Waals surface area (Å²) in [6.45, 7) is 1.56. The van der Waals surface area contributed by atoms with Gasteiger partial charge in [-0.25, -0.2) is 0 Å². The Morgan fingerprint density at radius 3 is 2.79 bits per heavy atom. The second kappa shape index (κ2) is 8.12. The van der Waals surface area contributed by atoms with E-state index in [4.69, 9.17) is 10.2 Å². The number of phenolic OH excluding ortho intramolecular Hbond substituents is 1. The number of phenols is 1. The zero-order valence-corrected chi connectivity index (χ0v) is 15.2. The summed E-state index contributed by atoms with van der Waals surface area (Å²) in [5.41, 5.74) is 0.615. The molecule has 1 aliphatic heterocycles. The van der Waals surface area contributed by atoms with E-state index in [1.807, 2.05) is 4.90 Å². The number of alkyl halides is 1. The number of fused-ring (bicyclic) bond motifs is 1. The van der Waals surface area contributed by atoms with Crippen LogP contribution in [0.15, 0.2) is 54.6 Å². The summed E-state index contributed by atoms with van der Waals surface area (Å²) < 4.78 is 51.4. The number of hydrogen-bond acceptors (Lipinski definition) is 5. The first-order valence-electron chi connectivity index (χ1n) is 11.1. The lowest BCUT2D eigenvalue weighted by molar-refractivity contribution is 0.0668. The van der Waals surface area contributed by atoms with E-state index >= 15 is 0 Å². The largest absolute Gasteiger partial charge is 0.508 e. The molecule has 2 heterocycles. The van der Waals surface area contributed by atoms with Crippen LogP contribution in [0.5, 0.6) is 11.5 Å². The number of rotatable bonds is 7. The van der Waals surface area contributed by atoms with E-state index in [-0.39, 0.29) is 48.3 Å². The van der Waals surface area contributed by atoms with Crippen molar-refractivity contribution < 1.29 is 24.8 Å². The minimum Gasteiger partial charge on any atom is -0.508 e. The Labute approximate surface area is 168 Å². The van der Waals surface area contributed by atoms with Crippen molar-refractivity contribution in [3.63, 3.8) is 0 Å². The summed E-state index contributed by atoms with van der Waals surface area (Å²) in [5, 5.41) is 21.2. The molecule has 6 heteroatoms. The van der Waals surface area contributed by atoms with E-state index in [2.05, 4.69) is 4.98 Å². The highest BCUT2D eigenvalue weighted by atomic mass is 19.1. The molecule has 0 radical (unpaired) electrons. The van der Waals surface area contributed by atoms with Crippen LogP contribution in [0.4, 0.5) is 4.39 Å². The molecule has 2 N–H and O–H groups in total. The number of hydrogen-bond donors (Lipinski definition) is 2. The molecule has 1 unspecified atom stereocenters. The zero-order valence-electron chi connectivity index (χ0n) is 19.2. The van der Waals surface area contributed by atoms with Crippen LogP contribution in [0.3, 0.4) is 0 Å². The van der Waals surface area contributed by atoms with Crippen molar-refractivity contribution in [3.05, 3.63) is 65.8 Å². The quantitative estimate of drug-likeness (QED) is 0.652. The highest BCUT2D eigenvalue weighted by Gasteiger charge is 2.25. The number of pyridine rings is 1. The average Bonchev–Trinajstić information content (AvgIpc) is 2.75. The number of ether oxygens (including phenoxy) is 1. The first-order valence-corrected chi connectivity index (χ1v) is 9.08. The predicted octanol–water partition coefficient (Wildman–Crippen LogP) is 3.30. The maximum atomic E-state index is 12.5. The van der Waals surface area contributed by atoms with Gasteiger partial charge < -0.3 is 14.9 Å². The summed E-state index contributed by atoms with van der Waals surface area (Å²) in [7, 11) is 0. The molecular weight excluding hydrogens is 359 g/mol. The highest BCUT2D eigenvalue weighted by Crippen LogP contribution is 2.30. The van der Waals surface area contributed by atoms with Gasteiger partial charge >= 0.3 is 0 Å². The Hall–Kier alpha value is -2.70. The van der Waals surface area contributed by atoms with Crippen LogP contribution in [-0.4, -0.2) is 53.0 Å². The Bertz CT molecular complexity index is 1130. The molecule has 2 aromatic carbocycles. The number of aliphatic hydroxyl groups excluding tert-OH is 1. The lowest BCUT2D eigenvalue weighted by Gasteiger charge is -2.37. The minimum atomic E-state index is -1.44. The maximum Gasteiger partial charge on any atom is 0.119 e. The molecule has 0 aliphatic carbocycles. The average molecular weight is 386 g/mol. The zero-order chi connectivity index (χ0) is 23.0. The van der Waals surface area contributed by atoms with Crippen molar-refractivity contribution in [2.45, 2.75) is 6.10 Å². The fraction of sp³-hybridized carbons (Fsp3) is 0.318. The van der Waals surface area contributed by atoms with Gasteiger partial charge in [0.25, 0.3) is 0 Å². The normalized spacial score (nSPS) is 18.1. The Kier molecular flexibility index (Phi) is 4.15. The molecule has 0 spiro atoms. The third kappa shape index (κ3) is 3.93. The lowest BCUT2D eigenvalue weighted by Crippen LogP contribution is -2.49. The van der Waals surface area contributed by atoms with Gasteiger partial charge in [0.1, 0.15) is 24.2 Å². The summed E-state index contributed by atoms with van der Waals surface area (Å²) >= 11 is 0. The lowest BCUT2D eigenvalue weighted by atomic mass is 9.98. The van der Waals surface area contributed by atoms with Crippen molar-refractivity contribution >= 4 is 10.9 Å². The van der Waals surface area contributed by atoms with E-state index in [1.54, 1.807) is 12.1 Å². The van der Waals surface area contributed by atoms with Gasteiger partial charge in [-0.1, -0.05) is 12.1 Å². The molecule has 3 aromatic rings. The third-order valence-electron chi connectivity index (χ3n) is 4.85. The predicted molar refractivity (Wildman–Crippen MR) is 105 cm³/mol. The first kappa shape index (κ1) is 14.3. The van der Waals surface area contributed by atoms with E-state index in [0.717, 1.165) is 0 Å². The number of likely N-dealkylation sites (tertiary alicyclic amines) is 1. The van der Waals surface area contributed by atoms with E-state index in [0.29, 0.717) is 36.1 Å². The van der Waals surface area contributed by atoms with Gasteiger partial charge in [0.15, 0.2) is 0 Å². The molecule has 1 aromatic heterocycles. The summed E-state index contributed by atoms with van der Waals surface area (Å²) in [4.78, 5) is 6.15. The molecule has 0 bridgehead atoms. The number of halogens is 1. The van der Waals surface area contributed by atoms with Gasteiger partial charge in [0.2, 0.25) is 0 Å². The molecule has 28 heavy (non-hydrogen) atoms. The van der Waals surface area contributed by atoms with Crippen LogP contribution in [0.2, 0.25) is 0 Å². The molecule has 0 amide bonds. The molecular formula is C22H23FN2O3. The van der Waals surface area contributed by atoms with E-state index in [1.165, 1.54) is 18.3 Å². The van der Waals surface area contributed by atoms with Crippen LogP contribution in [0.25, 0.3) is 10.9 Å². The number of aliphatic hydroxyl groups is 1. The molecule has 1 atom stereocenters. The van der Waals surface area contributed by atoms with Gasteiger partial charge in [-0.3, -0.25) is 14.3 Å². The van der Waals surface area contributed by atoms with Crippen molar-refractivity contribution in [3.8, 4) is 11.5 Å². The van der Waals surface area contributed by atoms with E-state index < -0.39 is 18.2 Å². The van der Waals surface area contributed by atoms with Crippen LogP contribution < -0.4 is 4.74 Å². The van der Waals surface area contributed by atoms with Gasteiger partial charge in [0.05, 0.1) is 17.7 Å². The van der Waals surface area contributed by atoms with Crippen LogP contribution >= 0.6 is 0 Å². The SMILES string of the molecule is [2H]c1c([2H])c(C(O)c2ccnc3cc(O)ccc23)c([2H])c([2H])c1OCCN1CC(CF)C1. The minimum absolute atomic E-state index is 0.0147. The number of aromatic nitrogens is 1. The fourth-order valence-electron chi connectivity index (χ4n) is 3.31. The molecule has 146 valence electrons. The Balaban J connectivity index is 1.61. The van der Waals surface area contributed by atoms with Crippen LogP contribution in [-0.2, 0) is 0 Å². The number of nitrogens with zero attached hydrogens (tertiary/aromatic N) is 2. The smallest absolute Gasteiger partial charge is 0.119 e. The van der Waals surface area contributed by atoms with Gasteiger partial charge in [-0.05, 0) is 41.4 Å². The third-order valence-corrected chi connectivity index (χ3v) is 4.85. The monoisotopic (exact) mass is 386 g/mol. The molecule has 0 saturated carbocycles. The topological polar surface area (TPSA) is 65.8 Å². The maximum absolute atomic E-state index is 12.5. The van der Waals surface area contributed by atoms with Crippen molar-refractivity contribution in [2.75, 3.05) is 32.9 Å². The van der Waals surface area contributed by atoms with Crippen molar-refractivity contribution in [1.29, 1.82) is 0 Å². The molecule has 1 saturated heterocycles. The standard InChI is InChI=1S/C22H23FN2O3/c23-12-15-13-25(14-15)9-10-28-18-4-1-16(2-5-18)22(27)20-7-8-24-21-11-17(26)3-6-19(20)21/h1-8,11,15,22,26-27H,9-10,12-14H2/i1D,2D,4D,5D. The van der Waals surface area contributed by atoms with Gasteiger partial charge in [0, 0.05) is 43.2 Å². The summed E-state index contributed by atoms with van der Waals surface area (Å²) in [5.74, 6) is -0.119. The summed E-state index contributed by atoms with van der Waals surface area (Å²) in [6, 6.07) is 4.47. The Morgan fingerprint density at radius 1 is 1.25 bits per heavy atom. The molecule has 4 rings (SSSR count). The molecule has 5 nitrogen and oxygen atoms in total. The van der Waals surface area contributed by atoms with Gasteiger partial charge in [-0.2, -0.15) is 0 Å². The molecule has 1 aliphatic rings. The second-order valence-electron chi connectivity index (χ2n) is 6.88. The Morgan fingerprint density at radius 2 is 2.04 bits per heavy atom. The highest BCUT2D eigenvalue weighted by molar-refractivity contribution is 5.84. The van der Waals surface area contributed by atoms with E-state index in [9.17, 15) is 14.6 Å². The van der Waals surface area contributed by atoms with Crippen molar-refractivity contribution in [1.82, 2.24) is 9.88 Å². The number of benzene rings is 2.